The Labute approximate surface area is 154 Å². The summed E-state index contributed by atoms with van der Waals surface area (Å²) in [6.45, 7) is 0.998. The normalized spacial score (nSPS) is 17.3. The van der Waals surface area contributed by atoms with Gasteiger partial charge in [0.05, 0.1) is 4.91 Å². The van der Waals surface area contributed by atoms with E-state index in [1.807, 2.05) is 36.4 Å². The van der Waals surface area contributed by atoms with Crippen LogP contribution in [0.3, 0.4) is 0 Å². The number of hydrogen-bond donors (Lipinski definition) is 2. The van der Waals surface area contributed by atoms with E-state index in [1.54, 1.807) is 12.2 Å². The first-order chi connectivity index (χ1) is 11.9. The molecular formula is C17H16N2O4S2. The number of carboxylic acid groups (broad SMARTS) is 1. The second kappa shape index (κ2) is 8.59. The van der Waals surface area contributed by atoms with Gasteiger partial charge in [-0.25, -0.2) is 0 Å². The van der Waals surface area contributed by atoms with Crippen LogP contribution in [0.4, 0.5) is 0 Å². The number of amides is 2. The molecule has 0 bridgehead atoms. The summed E-state index contributed by atoms with van der Waals surface area (Å²) >= 11 is 6.28. The van der Waals surface area contributed by atoms with Gasteiger partial charge in [0.2, 0.25) is 5.91 Å². The number of thiocarbonyl (C=S) groups is 1. The number of carbonyl (C=O) groups excluding carboxylic acids is 2. The molecule has 2 N–H and O–H groups in total. The molecule has 1 heterocycles. The van der Waals surface area contributed by atoms with E-state index in [-0.39, 0.29) is 10.2 Å². The Morgan fingerprint density at radius 1 is 1.36 bits per heavy atom. The van der Waals surface area contributed by atoms with Gasteiger partial charge in [-0.05, 0) is 18.6 Å². The number of carboxylic acids is 1. The van der Waals surface area contributed by atoms with Crippen LogP contribution in [0.25, 0.3) is 6.08 Å². The third-order valence-corrected chi connectivity index (χ3v) is 4.69. The average molecular weight is 376 g/mol. The van der Waals surface area contributed by atoms with E-state index in [1.165, 1.54) is 11.8 Å². The van der Waals surface area contributed by atoms with Crippen molar-refractivity contribution in [1.29, 1.82) is 0 Å². The molecule has 25 heavy (non-hydrogen) atoms. The van der Waals surface area contributed by atoms with Crippen LogP contribution in [-0.2, 0) is 14.4 Å². The van der Waals surface area contributed by atoms with E-state index >= 15 is 0 Å². The van der Waals surface area contributed by atoms with Crippen LogP contribution in [0.2, 0.25) is 0 Å². The Bertz CT molecular complexity index is 759. The minimum absolute atomic E-state index is 0.266. The molecule has 130 valence electrons. The van der Waals surface area contributed by atoms with Crippen molar-refractivity contribution in [3.63, 3.8) is 0 Å². The summed E-state index contributed by atoms with van der Waals surface area (Å²) in [7, 11) is 0. The Kier molecular flexibility index (Phi) is 6.49. The molecule has 1 fully saturated rings. The third-order valence-electron chi connectivity index (χ3n) is 3.34. The van der Waals surface area contributed by atoms with Crippen LogP contribution in [0.5, 0.6) is 0 Å². The van der Waals surface area contributed by atoms with Crippen molar-refractivity contribution >= 4 is 52.2 Å². The van der Waals surface area contributed by atoms with Gasteiger partial charge in [-0.2, -0.15) is 0 Å². The Morgan fingerprint density at radius 3 is 2.68 bits per heavy atom. The molecule has 1 aliphatic heterocycles. The van der Waals surface area contributed by atoms with E-state index < -0.39 is 24.5 Å². The topological polar surface area (TPSA) is 86.7 Å². The first-order valence-corrected chi connectivity index (χ1v) is 8.61. The first kappa shape index (κ1) is 18.9. The Morgan fingerprint density at radius 2 is 2.04 bits per heavy atom. The number of benzene rings is 1. The number of rotatable bonds is 6. The lowest BCUT2D eigenvalue weighted by atomic mass is 10.2. The molecule has 1 aromatic rings. The zero-order valence-electron chi connectivity index (χ0n) is 13.3. The van der Waals surface area contributed by atoms with Crippen LogP contribution in [-0.4, -0.2) is 44.7 Å². The highest BCUT2D eigenvalue weighted by atomic mass is 32.2. The third kappa shape index (κ3) is 5.01. The molecule has 1 atom stereocenters. The van der Waals surface area contributed by atoms with Gasteiger partial charge in [0.15, 0.2) is 0 Å². The van der Waals surface area contributed by atoms with Gasteiger partial charge in [-0.3, -0.25) is 19.3 Å². The van der Waals surface area contributed by atoms with Gasteiger partial charge < -0.3 is 10.4 Å². The summed E-state index contributed by atoms with van der Waals surface area (Å²) < 4.78 is 0.266. The smallest absolute Gasteiger partial charge is 0.322 e. The molecule has 1 aliphatic rings. The summed E-state index contributed by atoms with van der Waals surface area (Å²) in [6, 6.07) is 8.73. The second-order valence-corrected chi connectivity index (χ2v) is 6.81. The predicted molar refractivity (Wildman–Crippen MR) is 101 cm³/mol. The monoisotopic (exact) mass is 376 g/mol. The summed E-state index contributed by atoms with van der Waals surface area (Å²) in [6.07, 6.45) is 5.25. The lowest BCUT2D eigenvalue weighted by Gasteiger charge is -2.21. The lowest BCUT2D eigenvalue weighted by Crippen LogP contribution is -2.48. The quantitative estimate of drug-likeness (QED) is 0.584. The van der Waals surface area contributed by atoms with Crippen molar-refractivity contribution in [1.82, 2.24) is 10.2 Å². The molecule has 1 unspecified atom stereocenters. The fourth-order valence-electron chi connectivity index (χ4n) is 2.07. The Balaban J connectivity index is 2.06. The zero-order valence-corrected chi connectivity index (χ0v) is 15.0. The predicted octanol–water partition coefficient (Wildman–Crippen LogP) is 2.03. The summed E-state index contributed by atoms with van der Waals surface area (Å²) in [5, 5.41) is 10.8. The minimum Gasteiger partial charge on any atom is -0.480 e. The number of nitrogens with one attached hydrogen (secondary N) is 1. The SMILES string of the molecule is CC(C(=O)NCC(=O)O)N1C(=O)/C(=C/C=C/c2ccccc2)SC1=S. The standard InChI is InChI=1S/C17H16N2O4S2/c1-11(15(22)18-10-14(20)21)19-16(23)13(25-17(19)24)9-5-8-12-6-3-2-4-7-12/h2-9,11H,10H2,1H3,(H,18,22)(H,20,21)/b8-5+,13-9-. The van der Waals surface area contributed by atoms with Gasteiger partial charge in [0.25, 0.3) is 5.91 Å². The largest absolute Gasteiger partial charge is 0.480 e. The molecule has 0 aliphatic carbocycles. The summed E-state index contributed by atoms with van der Waals surface area (Å²) in [4.78, 5) is 36.5. The average Bonchev–Trinajstić information content (AvgIpc) is 2.87. The van der Waals surface area contributed by atoms with Crippen molar-refractivity contribution in [3.05, 3.63) is 53.0 Å². The van der Waals surface area contributed by atoms with E-state index in [9.17, 15) is 14.4 Å². The minimum atomic E-state index is -1.16. The highest BCUT2D eigenvalue weighted by Gasteiger charge is 2.37. The second-order valence-electron chi connectivity index (χ2n) is 5.13. The molecule has 0 spiro atoms. The van der Waals surface area contributed by atoms with E-state index in [0.717, 1.165) is 17.3 Å². The zero-order chi connectivity index (χ0) is 18.4. The summed E-state index contributed by atoms with van der Waals surface area (Å²) in [5.41, 5.74) is 0.996. The number of hydrogen-bond acceptors (Lipinski definition) is 5. The summed E-state index contributed by atoms with van der Waals surface area (Å²) in [5.74, 6) is -2.10. The van der Waals surface area contributed by atoms with Gasteiger partial charge in [0.1, 0.15) is 16.9 Å². The Hall–Kier alpha value is -2.45. The van der Waals surface area contributed by atoms with Crippen molar-refractivity contribution in [2.24, 2.45) is 0 Å². The molecule has 1 aromatic carbocycles. The molecule has 1 saturated heterocycles. The molecule has 2 rings (SSSR count). The van der Waals surface area contributed by atoms with Gasteiger partial charge in [-0.1, -0.05) is 66.5 Å². The van der Waals surface area contributed by atoms with Gasteiger partial charge >= 0.3 is 5.97 Å². The van der Waals surface area contributed by atoms with E-state index in [4.69, 9.17) is 17.3 Å². The van der Waals surface area contributed by atoms with Crippen LogP contribution in [0.15, 0.2) is 47.4 Å². The number of allylic oxidation sites excluding steroid dienone is 2. The first-order valence-electron chi connectivity index (χ1n) is 7.38. The van der Waals surface area contributed by atoms with Crippen LogP contribution < -0.4 is 5.32 Å². The highest BCUT2D eigenvalue weighted by molar-refractivity contribution is 8.26. The van der Waals surface area contributed by atoms with Crippen LogP contribution in [0.1, 0.15) is 12.5 Å². The lowest BCUT2D eigenvalue weighted by molar-refractivity contribution is -0.139. The van der Waals surface area contributed by atoms with Crippen molar-refractivity contribution in [3.8, 4) is 0 Å². The molecule has 8 heteroatoms. The molecule has 0 radical (unpaired) electrons. The van der Waals surface area contributed by atoms with Gasteiger partial charge in [-0.15, -0.1) is 0 Å². The highest BCUT2D eigenvalue weighted by Crippen LogP contribution is 2.32. The van der Waals surface area contributed by atoms with Gasteiger partial charge in [0, 0.05) is 0 Å². The number of carbonyl (C=O) groups is 3. The molecule has 6 nitrogen and oxygen atoms in total. The van der Waals surface area contributed by atoms with Crippen molar-refractivity contribution in [2.45, 2.75) is 13.0 Å². The van der Waals surface area contributed by atoms with E-state index in [0.29, 0.717) is 4.91 Å². The maximum atomic E-state index is 12.5. The van der Waals surface area contributed by atoms with Crippen LogP contribution >= 0.6 is 24.0 Å². The maximum Gasteiger partial charge on any atom is 0.322 e. The number of nitrogens with zero attached hydrogens (tertiary/aromatic N) is 1. The fourth-order valence-corrected chi connectivity index (χ4v) is 3.44. The van der Waals surface area contributed by atoms with Crippen LogP contribution in [0, 0.1) is 0 Å². The fraction of sp³-hybridized carbons (Fsp3) is 0.176. The maximum absolute atomic E-state index is 12.5. The molecule has 0 saturated carbocycles. The van der Waals surface area contributed by atoms with Crippen molar-refractivity contribution < 1.29 is 19.5 Å². The molecular weight excluding hydrogens is 360 g/mol. The molecule has 2 amide bonds. The molecule has 0 aromatic heterocycles. The van der Waals surface area contributed by atoms with Crippen molar-refractivity contribution in [2.75, 3.05) is 6.54 Å². The number of thioether (sulfide) groups is 1. The number of aliphatic carboxylic acids is 1. The van der Waals surface area contributed by atoms with E-state index in [2.05, 4.69) is 5.32 Å².